The highest BCUT2D eigenvalue weighted by Crippen LogP contribution is 2.32. The summed E-state index contributed by atoms with van der Waals surface area (Å²) in [6.45, 7) is 0. The SMILES string of the molecule is CNC(CC1CCCCC1)c1cccs1. The minimum atomic E-state index is 0.591. The summed E-state index contributed by atoms with van der Waals surface area (Å²) in [6, 6.07) is 5.01. The van der Waals surface area contributed by atoms with E-state index in [2.05, 4.69) is 29.9 Å². The van der Waals surface area contributed by atoms with Crippen LogP contribution in [0.25, 0.3) is 0 Å². The maximum atomic E-state index is 3.46. The zero-order valence-corrected chi connectivity index (χ0v) is 10.4. The number of thiophene rings is 1. The zero-order valence-electron chi connectivity index (χ0n) is 9.54. The molecule has 2 rings (SSSR count). The molecule has 0 saturated heterocycles. The number of rotatable bonds is 4. The van der Waals surface area contributed by atoms with Crippen molar-refractivity contribution in [3.8, 4) is 0 Å². The molecule has 1 aromatic rings. The average molecular weight is 223 g/mol. The van der Waals surface area contributed by atoms with Gasteiger partial charge in [-0.05, 0) is 30.8 Å². The van der Waals surface area contributed by atoms with Gasteiger partial charge in [-0.1, -0.05) is 38.2 Å². The highest BCUT2D eigenvalue weighted by atomic mass is 32.1. The van der Waals surface area contributed by atoms with E-state index in [1.807, 2.05) is 11.3 Å². The second kappa shape index (κ2) is 5.66. The summed E-state index contributed by atoms with van der Waals surface area (Å²) >= 11 is 1.88. The van der Waals surface area contributed by atoms with Gasteiger partial charge >= 0.3 is 0 Å². The first-order chi connectivity index (χ1) is 7.40. The van der Waals surface area contributed by atoms with E-state index in [1.165, 1.54) is 43.4 Å². The molecule has 15 heavy (non-hydrogen) atoms. The standard InChI is InChI=1S/C13H21NS/c1-14-12(13-8-5-9-15-13)10-11-6-3-2-4-7-11/h5,8-9,11-12,14H,2-4,6-7,10H2,1H3. The van der Waals surface area contributed by atoms with Gasteiger partial charge < -0.3 is 5.32 Å². The van der Waals surface area contributed by atoms with Gasteiger partial charge in [-0.25, -0.2) is 0 Å². The smallest absolute Gasteiger partial charge is 0.0414 e. The minimum Gasteiger partial charge on any atom is -0.312 e. The molecule has 0 amide bonds. The van der Waals surface area contributed by atoms with Crippen LogP contribution in [0.4, 0.5) is 0 Å². The Morgan fingerprint density at radius 3 is 2.80 bits per heavy atom. The van der Waals surface area contributed by atoms with Crippen molar-refractivity contribution in [1.29, 1.82) is 0 Å². The van der Waals surface area contributed by atoms with Gasteiger partial charge in [-0.15, -0.1) is 11.3 Å². The minimum absolute atomic E-state index is 0.591. The third-order valence-electron chi connectivity index (χ3n) is 3.53. The molecule has 0 spiro atoms. The monoisotopic (exact) mass is 223 g/mol. The maximum absolute atomic E-state index is 3.46. The maximum Gasteiger partial charge on any atom is 0.0414 e. The summed E-state index contributed by atoms with van der Waals surface area (Å²) in [5, 5.41) is 5.64. The lowest BCUT2D eigenvalue weighted by Gasteiger charge is -2.25. The summed E-state index contributed by atoms with van der Waals surface area (Å²) < 4.78 is 0. The van der Waals surface area contributed by atoms with E-state index in [0.29, 0.717) is 6.04 Å². The van der Waals surface area contributed by atoms with Crippen molar-refractivity contribution in [1.82, 2.24) is 5.32 Å². The molecule has 1 atom stereocenters. The van der Waals surface area contributed by atoms with Gasteiger partial charge in [0.05, 0.1) is 0 Å². The van der Waals surface area contributed by atoms with E-state index < -0.39 is 0 Å². The molecule has 1 fully saturated rings. The van der Waals surface area contributed by atoms with E-state index in [0.717, 1.165) is 5.92 Å². The van der Waals surface area contributed by atoms with Gasteiger partial charge in [0.25, 0.3) is 0 Å². The van der Waals surface area contributed by atoms with Crippen LogP contribution in [-0.2, 0) is 0 Å². The summed E-state index contributed by atoms with van der Waals surface area (Å²) in [4.78, 5) is 1.50. The summed E-state index contributed by atoms with van der Waals surface area (Å²) in [5.74, 6) is 0.957. The van der Waals surface area contributed by atoms with Crippen molar-refractivity contribution < 1.29 is 0 Å². The van der Waals surface area contributed by atoms with Crippen molar-refractivity contribution in [2.75, 3.05) is 7.05 Å². The van der Waals surface area contributed by atoms with Gasteiger partial charge in [-0.2, -0.15) is 0 Å². The molecule has 1 aromatic heterocycles. The van der Waals surface area contributed by atoms with E-state index in [-0.39, 0.29) is 0 Å². The van der Waals surface area contributed by atoms with Crippen molar-refractivity contribution in [2.45, 2.75) is 44.6 Å². The number of nitrogens with one attached hydrogen (secondary N) is 1. The van der Waals surface area contributed by atoms with Crippen LogP contribution >= 0.6 is 11.3 Å². The predicted molar refractivity (Wildman–Crippen MR) is 67.3 cm³/mol. The molecule has 1 aliphatic rings. The first kappa shape index (κ1) is 11.2. The Morgan fingerprint density at radius 1 is 1.40 bits per heavy atom. The van der Waals surface area contributed by atoms with Crippen LogP contribution in [0.1, 0.15) is 49.4 Å². The lowest BCUT2D eigenvalue weighted by Crippen LogP contribution is -2.20. The fourth-order valence-corrected chi connectivity index (χ4v) is 3.47. The fraction of sp³-hybridized carbons (Fsp3) is 0.692. The molecule has 0 bridgehead atoms. The van der Waals surface area contributed by atoms with E-state index >= 15 is 0 Å². The van der Waals surface area contributed by atoms with Crippen LogP contribution in [0.5, 0.6) is 0 Å². The van der Waals surface area contributed by atoms with Gasteiger partial charge in [0.15, 0.2) is 0 Å². The molecule has 1 nitrogen and oxygen atoms in total. The predicted octanol–water partition coefficient (Wildman–Crippen LogP) is 3.98. The Morgan fingerprint density at radius 2 is 2.20 bits per heavy atom. The fourth-order valence-electron chi connectivity index (χ4n) is 2.62. The number of hydrogen-bond donors (Lipinski definition) is 1. The Labute approximate surface area is 96.9 Å². The third-order valence-corrected chi connectivity index (χ3v) is 4.51. The van der Waals surface area contributed by atoms with E-state index in [1.54, 1.807) is 0 Å². The average Bonchev–Trinajstić information content (AvgIpc) is 2.81. The van der Waals surface area contributed by atoms with Gasteiger partial charge in [0, 0.05) is 10.9 Å². The second-order valence-corrected chi connectivity index (χ2v) is 5.58. The Bertz CT molecular complexity index is 262. The van der Waals surface area contributed by atoms with Gasteiger partial charge in [0.2, 0.25) is 0 Å². The molecule has 0 aliphatic heterocycles. The van der Waals surface area contributed by atoms with E-state index in [9.17, 15) is 0 Å². The molecule has 0 aromatic carbocycles. The molecule has 1 N–H and O–H groups in total. The van der Waals surface area contributed by atoms with Crippen molar-refractivity contribution >= 4 is 11.3 Å². The molecule has 1 unspecified atom stereocenters. The van der Waals surface area contributed by atoms with Crippen LogP contribution in [0, 0.1) is 5.92 Å². The topological polar surface area (TPSA) is 12.0 Å². The van der Waals surface area contributed by atoms with Gasteiger partial charge in [0.1, 0.15) is 0 Å². The summed E-state index contributed by atoms with van der Waals surface area (Å²) in [7, 11) is 2.09. The van der Waals surface area contributed by atoms with Crippen LogP contribution in [0.2, 0.25) is 0 Å². The number of hydrogen-bond acceptors (Lipinski definition) is 2. The van der Waals surface area contributed by atoms with Crippen molar-refractivity contribution in [3.63, 3.8) is 0 Å². The molecule has 0 radical (unpaired) electrons. The molecular formula is C13H21NS. The van der Waals surface area contributed by atoms with Crippen LogP contribution in [-0.4, -0.2) is 7.05 Å². The third kappa shape index (κ3) is 3.05. The van der Waals surface area contributed by atoms with Crippen molar-refractivity contribution in [2.24, 2.45) is 5.92 Å². The molecular weight excluding hydrogens is 202 g/mol. The largest absolute Gasteiger partial charge is 0.312 e. The molecule has 84 valence electrons. The molecule has 1 saturated carbocycles. The Kier molecular flexibility index (Phi) is 4.21. The highest BCUT2D eigenvalue weighted by Gasteiger charge is 2.19. The molecule has 1 heterocycles. The van der Waals surface area contributed by atoms with Crippen LogP contribution < -0.4 is 5.32 Å². The Balaban J connectivity index is 1.90. The quantitative estimate of drug-likeness (QED) is 0.814. The summed E-state index contributed by atoms with van der Waals surface area (Å²) in [5.41, 5.74) is 0. The first-order valence-corrected chi connectivity index (χ1v) is 6.99. The van der Waals surface area contributed by atoms with Crippen LogP contribution in [0.3, 0.4) is 0 Å². The zero-order chi connectivity index (χ0) is 10.5. The first-order valence-electron chi connectivity index (χ1n) is 6.11. The van der Waals surface area contributed by atoms with Gasteiger partial charge in [-0.3, -0.25) is 0 Å². The normalized spacial score (nSPS) is 20.3. The van der Waals surface area contributed by atoms with Crippen molar-refractivity contribution in [3.05, 3.63) is 22.4 Å². The molecule has 2 heteroatoms. The second-order valence-electron chi connectivity index (χ2n) is 4.60. The van der Waals surface area contributed by atoms with Crippen LogP contribution in [0.15, 0.2) is 17.5 Å². The summed E-state index contributed by atoms with van der Waals surface area (Å²) in [6.07, 6.45) is 8.58. The highest BCUT2D eigenvalue weighted by molar-refractivity contribution is 7.10. The molecule has 1 aliphatic carbocycles. The van der Waals surface area contributed by atoms with E-state index in [4.69, 9.17) is 0 Å². The Hall–Kier alpha value is -0.340. The lowest BCUT2D eigenvalue weighted by molar-refractivity contribution is 0.307. The lowest BCUT2D eigenvalue weighted by atomic mass is 9.84.